The minimum atomic E-state index is -1.07. The van der Waals surface area contributed by atoms with Crippen LogP contribution in [0.1, 0.15) is 11.5 Å². The van der Waals surface area contributed by atoms with Gasteiger partial charge in [-0.3, -0.25) is 4.79 Å². The smallest absolute Gasteiger partial charge is 0.311 e. The number of carboxylic acid groups (broad SMARTS) is 1. The first-order chi connectivity index (χ1) is 8.47. The Balaban J connectivity index is 2.42. The largest absolute Gasteiger partial charge is 0.481 e. The van der Waals surface area contributed by atoms with Crippen molar-refractivity contribution in [1.82, 2.24) is 4.98 Å². The topological polar surface area (TPSA) is 63.3 Å². The SMILES string of the molecule is Cc1nc(-c2ccc(F)cc2F)oc1CC(=O)O. The predicted octanol–water partition coefficient (Wildman–Crippen LogP) is 2.56. The van der Waals surface area contributed by atoms with E-state index in [4.69, 9.17) is 9.52 Å². The Morgan fingerprint density at radius 1 is 1.44 bits per heavy atom. The molecule has 0 saturated heterocycles. The molecule has 2 rings (SSSR count). The summed E-state index contributed by atoms with van der Waals surface area (Å²) in [6.45, 7) is 1.56. The zero-order chi connectivity index (χ0) is 13.3. The number of halogens is 2. The Hall–Kier alpha value is -2.24. The molecule has 0 aliphatic heterocycles. The quantitative estimate of drug-likeness (QED) is 0.913. The number of hydrogen-bond acceptors (Lipinski definition) is 3. The summed E-state index contributed by atoms with van der Waals surface area (Å²) < 4.78 is 31.4. The Morgan fingerprint density at radius 3 is 2.78 bits per heavy atom. The molecule has 0 aliphatic carbocycles. The van der Waals surface area contributed by atoms with E-state index in [1.54, 1.807) is 6.92 Å². The van der Waals surface area contributed by atoms with Gasteiger partial charge in [-0.1, -0.05) is 0 Å². The average molecular weight is 253 g/mol. The lowest BCUT2D eigenvalue weighted by Crippen LogP contribution is -1.99. The number of aliphatic carboxylic acids is 1. The molecule has 0 fully saturated rings. The molecule has 6 heteroatoms. The number of hydrogen-bond donors (Lipinski definition) is 1. The second kappa shape index (κ2) is 4.56. The minimum absolute atomic E-state index is 0.00358. The standard InChI is InChI=1S/C12H9F2NO3/c1-6-10(5-11(16)17)18-12(15-6)8-3-2-7(13)4-9(8)14/h2-4H,5H2,1H3,(H,16,17). The Bertz CT molecular complexity index is 607. The Kier molecular flexibility index (Phi) is 3.10. The summed E-state index contributed by atoms with van der Waals surface area (Å²) >= 11 is 0. The van der Waals surface area contributed by atoms with Crippen molar-refractivity contribution in [1.29, 1.82) is 0 Å². The molecule has 18 heavy (non-hydrogen) atoms. The van der Waals surface area contributed by atoms with Crippen molar-refractivity contribution in [2.45, 2.75) is 13.3 Å². The van der Waals surface area contributed by atoms with Gasteiger partial charge in [-0.15, -0.1) is 0 Å². The summed E-state index contributed by atoms with van der Waals surface area (Å²) in [6, 6.07) is 2.99. The summed E-state index contributed by atoms with van der Waals surface area (Å²) in [4.78, 5) is 14.5. The zero-order valence-electron chi connectivity index (χ0n) is 9.41. The Morgan fingerprint density at radius 2 is 2.17 bits per heavy atom. The van der Waals surface area contributed by atoms with Crippen LogP contribution in [0.15, 0.2) is 22.6 Å². The maximum Gasteiger partial charge on any atom is 0.311 e. The van der Waals surface area contributed by atoms with E-state index in [9.17, 15) is 13.6 Å². The third kappa shape index (κ3) is 2.37. The van der Waals surface area contributed by atoms with Crippen LogP contribution in [0.3, 0.4) is 0 Å². The molecule has 0 amide bonds. The van der Waals surface area contributed by atoms with Crippen LogP contribution in [0.25, 0.3) is 11.5 Å². The fourth-order valence-electron chi connectivity index (χ4n) is 1.51. The fraction of sp³-hybridized carbons (Fsp3) is 0.167. The molecule has 0 saturated carbocycles. The molecule has 1 heterocycles. The van der Waals surface area contributed by atoms with E-state index in [1.165, 1.54) is 6.07 Å². The zero-order valence-corrected chi connectivity index (χ0v) is 9.41. The van der Waals surface area contributed by atoms with Crippen LogP contribution in [-0.4, -0.2) is 16.1 Å². The molecule has 0 atom stereocenters. The van der Waals surface area contributed by atoms with E-state index >= 15 is 0 Å². The number of carboxylic acids is 1. The fourth-order valence-corrected chi connectivity index (χ4v) is 1.51. The molecule has 1 aromatic heterocycles. The van der Waals surface area contributed by atoms with E-state index in [2.05, 4.69) is 4.98 Å². The van der Waals surface area contributed by atoms with E-state index < -0.39 is 17.6 Å². The van der Waals surface area contributed by atoms with Gasteiger partial charge in [-0.25, -0.2) is 13.8 Å². The number of aromatic nitrogens is 1. The van der Waals surface area contributed by atoms with Crippen LogP contribution in [0.2, 0.25) is 0 Å². The summed E-state index contributed by atoms with van der Waals surface area (Å²) in [5, 5.41) is 8.65. The van der Waals surface area contributed by atoms with Crippen LogP contribution in [0.4, 0.5) is 8.78 Å². The number of aryl methyl sites for hydroxylation is 1. The summed E-state index contributed by atoms with van der Waals surface area (Å²) in [6.07, 6.45) is -0.332. The number of rotatable bonds is 3. The normalized spacial score (nSPS) is 10.6. The van der Waals surface area contributed by atoms with Gasteiger partial charge in [0.25, 0.3) is 0 Å². The summed E-state index contributed by atoms with van der Waals surface area (Å²) in [7, 11) is 0. The second-order valence-electron chi connectivity index (χ2n) is 3.72. The van der Waals surface area contributed by atoms with E-state index in [1.807, 2.05) is 0 Å². The number of nitrogens with zero attached hydrogens (tertiary/aromatic N) is 1. The average Bonchev–Trinajstić information content (AvgIpc) is 2.59. The maximum atomic E-state index is 13.5. The van der Waals surface area contributed by atoms with Crippen molar-refractivity contribution >= 4 is 5.97 Å². The number of carbonyl (C=O) groups is 1. The van der Waals surface area contributed by atoms with Crippen molar-refractivity contribution in [3.05, 3.63) is 41.3 Å². The first-order valence-corrected chi connectivity index (χ1v) is 5.11. The monoisotopic (exact) mass is 253 g/mol. The van der Waals surface area contributed by atoms with Gasteiger partial charge in [0.1, 0.15) is 23.8 Å². The van der Waals surface area contributed by atoms with Gasteiger partial charge in [0, 0.05) is 6.07 Å². The highest BCUT2D eigenvalue weighted by molar-refractivity contribution is 5.70. The highest BCUT2D eigenvalue weighted by Gasteiger charge is 2.16. The second-order valence-corrected chi connectivity index (χ2v) is 3.72. The lowest BCUT2D eigenvalue weighted by atomic mass is 10.2. The predicted molar refractivity (Wildman–Crippen MR) is 57.9 cm³/mol. The van der Waals surface area contributed by atoms with Crippen molar-refractivity contribution in [3.8, 4) is 11.5 Å². The molecule has 2 aromatic rings. The van der Waals surface area contributed by atoms with Gasteiger partial charge in [0.2, 0.25) is 5.89 Å². The maximum absolute atomic E-state index is 13.5. The van der Waals surface area contributed by atoms with E-state index in [0.717, 1.165) is 6.07 Å². The van der Waals surface area contributed by atoms with Gasteiger partial charge in [-0.05, 0) is 19.1 Å². The molecule has 0 aliphatic rings. The summed E-state index contributed by atoms with van der Waals surface area (Å²) in [5.41, 5.74) is 0.368. The van der Waals surface area contributed by atoms with Crippen LogP contribution < -0.4 is 0 Å². The molecule has 0 bridgehead atoms. The van der Waals surface area contributed by atoms with Gasteiger partial charge >= 0.3 is 5.97 Å². The molecule has 4 nitrogen and oxygen atoms in total. The lowest BCUT2D eigenvalue weighted by molar-refractivity contribution is -0.136. The highest BCUT2D eigenvalue weighted by atomic mass is 19.1. The molecule has 0 spiro atoms. The molecule has 94 valence electrons. The molecule has 1 aromatic carbocycles. The van der Waals surface area contributed by atoms with Gasteiger partial charge in [-0.2, -0.15) is 0 Å². The van der Waals surface area contributed by atoms with E-state index in [-0.39, 0.29) is 23.6 Å². The first-order valence-electron chi connectivity index (χ1n) is 5.11. The third-order valence-corrected chi connectivity index (χ3v) is 2.37. The van der Waals surface area contributed by atoms with Gasteiger partial charge in [0.15, 0.2) is 0 Å². The van der Waals surface area contributed by atoms with Crippen LogP contribution in [0, 0.1) is 18.6 Å². The molecule has 0 radical (unpaired) electrons. The molecular formula is C12H9F2NO3. The van der Waals surface area contributed by atoms with Crippen molar-refractivity contribution < 1.29 is 23.1 Å². The lowest BCUT2D eigenvalue weighted by Gasteiger charge is -1.97. The highest BCUT2D eigenvalue weighted by Crippen LogP contribution is 2.25. The number of benzene rings is 1. The van der Waals surface area contributed by atoms with Crippen molar-refractivity contribution in [2.75, 3.05) is 0 Å². The summed E-state index contributed by atoms with van der Waals surface area (Å²) in [5.74, 6) is -2.48. The van der Waals surface area contributed by atoms with Crippen molar-refractivity contribution in [3.63, 3.8) is 0 Å². The Labute approximate surface area is 101 Å². The molecular weight excluding hydrogens is 244 g/mol. The van der Waals surface area contributed by atoms with Crippen LogP contribution in [-0.2, 0) is 11.2 Å². The van der Waals surface area contributed by atoms with Crippen molar-refractivity contribution in [2.24, 2.45) is 0 Å². The van der Waals surface area contributed by atoms with Crippen LogP contribution in [0.5, 0.6) is 0 Å². The minimum Gasteiger partial charge on any atom is -0.481 e. The van der Waals surface area contributed by atoms with Gasteiger partial charge in [0.05, 0.1) is 11.3 Å². The number of oxazole rings is 1. The van der Waals surface area contributed by atoms with E-state index in [0.29, 0.717) is 11.8 Å². The van der Waals surface area contributed by atoms with Gasteiger partial charge < -0.3 is 9.52 Å². The molecule has 1 N–H and O–H groups in total. The molecule has 0 unspecified atom stereocenters. The third-order valence-electron chi connectivity index (χ3n) is 2.37. The first kappa shape index (κ1) is 12.2. The van der Waals surface area contributed by atoms with Crippen LogP contribution >= 0.6 is 0 Å².